The molecule has 4 aromatic rings. The van der Waals surface area contributed by atoms with Gasteiger partial charge < -0.3 is 13.7 Å². The number of hydrogen-bond donors (Lipinski definition) is 0. The SMILES string of the molecule is CC(=O)[C@H](Cc1ccc(OCCc2nc(-c3ccccc3)oc2C)c(I)c1)n1cccc1. The highest BCUT2D eigenvalue weighted by atomic mass is 127. The fourth-order valence-corrected chi connectivity index (χ4v) is 4.38. The van der Waals surface area contributed by atoms with Gasteiger partial charge in [0.1, 0.15) is 11.5 Å². The Morgan fingerprint density at radius 1 is 1.12 bits per heavy atom. The van der Waals surface area contributed by atoms with E-state index in [9.17, 15) is 4.79 Å². The molecule has 0 aliphatic carbocycles. The third kappa shape index (κ3) is 5.30. The summed E-state index contributed by atoms with van der Waals surface area (Å²) in [6, 6.07) is 19.7. The molecule has 5 nitrogen and oxygen atoms in total. The van der Waals surface area contributed by atoms with E-state index in [2.05, 4.69) is 33.6 Å². The largest absolute Gasteiger partial charge is 0.492 e. The van der Waals surface area contributed by atoms with Crippen LogP contribution in [0.2, 0.25) is 0 Å². The van der Waals surface area contributed by atoms with Crippen molar-refractivity contribution in [1.82, 2.24) is 9.55 Å². The first-order valence-electron chi connectivity index (χ1n) is 10.6. The van der Waals surface area contributed by atoms with Gasteiger partial charge in [-0.15, -0.1) is 0 Å². The standard InChI is InChI=1S/C26H25IN2O3/c1-18(30)24(29-13-6-7-14-29)17-20-10-11-25(22(27)16-20)31-15-12-23-19(2)32-26(28-23)21-8-4-3-5-9-21/h3-11,13-14,16,24H,12,15,17H2,1-2H3/t24-/m0/s1. The summed E-state index contributed by atoms with van der Waals surface area (Å²) >= 11 is 2.29. The Morgan fingerprint density at radius 3 is 2.56 bits per heavy atom. The van der Waals surface area contributed by atoms with Crippen LogP contribution in [0.15, 0.2) is 77.5 Å². The van der Waals surface area contributed by atoms with Crippen LogP contribution < -0.4 is 4.74 Å². The molecule has 2 heterocycles. The van der Waals surface area contributed by atoms with Crippen molar-refractivity contribution in [2.45, 2.75) is 32.7 Å². The van der Waals surface area contributed by atoms with Crippen LogP contribution in [0, 0.1) is 10.5 Å². The number of hydrogen-bond acceptors (Lipinski definition) is 4. The van der Waals surface area contributed by atoms with Gasteiger partial charge in [-0.05, 0) is 78.4 Å². The Balaban J connectivity index is 1.37. The maximum Gasteiger partial charge on any atom is 0.226 e. The summed E-state index contributed by atoms with van der Waals surface area (Å²) < 4.78 is 14.8. The van der Waals surface area contributed by atoms with E-state index in [0.717, 1.165) is 31.9 Å². The van der Waals surface area contributed by atoms with E-state index in [1.54, 1.807) is 6.92 Å². The Kier molecular flexibility index (Phi) is 7.09. The molecule has 0 bridgehead atoms. The number of carbonyl (C=O) groups excluding carboxylic acids is 1. The third-order valence-corrected chi connectivity index (χ3v) is 6.23. The molecular formula is C26H25IN2O3. The second kappa shape index (κ2) is 10.2. The average molecular weight is 540 g/mol. The van der Waals surface area contributed by atoms with Crippen molar-refractivity contribution in [3.8, 4) is 17.2 Å². The first-order chi connectivity index (χ1) is 15.5. The van der Waals surface area contributed by atoms with E-state index in [1.807, 2.05) is 78.5 Å². The summed E-state index contributed by atoms with van der Waals surface area (Å²) in [5.74, 6) is 2.44. The molecule has 1 atom stereocenters. The van der Waals surface area contributed by atoms with Gasteiger partial charge in [-0.3, -0.25) is 4.79 Å². The van der Waals surface area contributed by atoms with Crippen LogP contribution >= 0.6 is 22.6 Å². The fourth-order valence-electron chi connectivity index (χ4n) is 3.65. The topological polar surface area (TPSA) is 57.3 Å². The lowest BCUT2D eigenvalue weighted by Crippen LogP contribution is -2.18. The molecule has 0 saturated heterocycles. The van der Waals surface area contributed by atoms with Crippen molar-refractivity contribution < 1.29 is 13.9 Å². The fraction of sp³-hybridized carbons (Fsp3) is 0.231. The van der Waals surface area contributed by atoms with Gasteiger partial charge in [0, 0.05) is 30.8 Å². The van der Waals surface area contributed by atoms with E-state index in [0.29, 0.717) is 25.3 Å². The Bertz CT molecular complexity index is 1180. The number of Topliss-reactive ketones (excluding diaryl/α,β-unsaturated/α-hetero) is 1. The first kappa shape index (κ1) is 22.3. The molecule has 2 aromatic carbocycles. The zero-order valence-electron chi connectivity index (χ0n) is 18.1. The summed E-state index contributed by atoms with van der Waals surface area (Å²) in [4.78, 5) is 16.8. The van der Waals surface area contributed by atoms with E-state index >= 15 is 0 Å². The lowest BCUT2D eigenvalue weighted by Gasteiger charge is -2.17. The molecule has 0 aliphatic heterocycles. The number of aryl methyl sites for hydroxylation is 1. The molecular weight excluding hydrogens is 515 g/mol. The normalized spacial score (nSPS) is 12.0. The van der Waals surface area contributed by atoms with Gasteiger partial charge >= 0.3 is 0 Å². The number of halogens is 1. The molecule has 0 spiro atoms. The molecule has 0 unspecified atom stereocenters. The van der Waals surface area contributed by atoms with Gasteiger partial charge in [-0.1, -0.05) is 24.3 Å². The Labute approximate surface area is 201 Å². The molecule has 0 fully saturated rings. The summed E-state index contributed by atoms with van der Waals surface area (Å²) in [5.41, 5.74) is 2.98. The molecule has 4 rings (SSSR count). The van der Waals surface area contributed by atoms with Gasteiger partial charge in [0.15, 0.2) is 5.78 Å². The minimum absolute atomic E-state index is 0.148. The number of oxazole rings is 1. The van der Waals surface area contributed by atoms with Crippen molar-refractivity contribution in [3.63, 3.8) is 0 Å². The van der Waals surface area contributed by atoms with Crippen LogP contribution in [0.1, 0.15) is 30.0 Å². The number of rotatable bonds is 9. The number of benzene rings is 2. The molecule has 2 aromatic heterocycles. The average Bonchev–Trinajstić information content (AvgIpc) is 3.44. The first-order valence-corrected chi connectivity index (χ1v) is 11.6. The van der Waals surface area contributed by atoms with Crippen molar-refractivity contribution in [2.75, 3.05) is 6.61 Å². The van der Waals surface area contributed by atoms with Crippen LogP contribution in [-0.2, 0) is 17.6 Å². The van der Waals surface area contributed by atoms with E-state index in [-0.39, 0.29) is 11.8 Å². The van der Waals surface area contributed by atoms with Crippen molar-refractivity contribution >= 4 is 28.4 Å². The van der Waals surface area contributed by atoms with Crippen molar-refractivity contribution in [3.05, 3.63) is 93.6 Å². The predicted molar refractivity (Wildman–Crippen MR) is 133 cm³/mol. The van der Waals surface area contributed by atoms with Crippen molar-refractivity contribution in [1.29, 1.82) is 0 Å². The third-order valence-electron chi connectivity index (χ3n) is 5.39. The van der Waals surface area contributed by atoms with Gasteiger partial charge in [0.2, 0.25) is 5.89 Å². The van der Waals surface area contributed by atoms with Gasteiger partial charge in [-0.25, -0.2) is 4.98 Å². The Hall–Kier alpha value is -2.87. The lowest BCUT2D eigenvalue weighted by molar-refractivity contribution is -0.120. The molecule has 0 radical (unpaired) electrons. The smallest absolute Gasteiger partial charge is 0.226 e. The minimum Gasteiger partial charge on any atom is -0.492 e. The molecule has 0 amide bonds. The van der Waals surface area contributed by atoms with Crippen LogP contribution in [0.4, 0.5) is 0 Å². The quantitative estimate of drug-likeness (QED) is 0.243. The predicted octanol–water partition coefficient (Wildman–Crippen LogP) is 6.05. The molecule has 0 saturated carbocycles. The summed E-state index contributed by atoms with van der Waals surface area (Å²) in [7, 11) is 0. The highest BCUT2D eigenvalue weighted by Gasteiger charge is 2.17. The second-order valence-corrected chi connectivity index (χ2v) is 8.87. The maximum atomic E-state index is 12.1. The van der Waals surface area contributed by atoms with Crippen molar-refractivity contribution in [2.24, 2.45) is 0 Å². The zero-order valence-corrected chi connectivity index (χ0v) is 20.3. The monoisotopic (exact) mass is 540 g/mol. The number of carbonyl (C=O) groups is 1. The zero-order chi connectivity index (χ0) is 22.5. The van der Waals surface area contributed by atoms with Crippen LogP contribution in [-0.4, -0.2) is 21.9 Å². The summed E-state index contributed by atoms with van der Waals surface area (Å²) in [5, 5.41) is 0. The van der Waals surface area contributed by atoms with Crippen LogP contribution in [0.3, 0.4) is 0 Å². The molecule has 6 heteroatoms. The second-order valence-electron chi connectivity index (χ2n) is 7.71. The summed E-state index contributed by atoms with van der Waals surface area (Å²) in [6.45, 7) is 4.09. The molecule has 0 N–H and O–H groups in total. The van der Waals surface area contributed by atoms with Gasteiger partial charge in [0.05, 0.1) is 21.9 Å². The highest BCUT2D eigenvalue weighted by molar-refractivity contribution is 14.1. The number of nitrogens with zero attached hydrogens (tertiary/aromatic N) is 2. The molecule has 32 heavy (non-hydrogen) atoms. The minimum atomic E-state index is -0.193. The molecule has 0 aliphatic rings. The lowest BCUT2D eigenvalue weighted by atomic mass is 10.0. The van der Waals surface area contributed by atoms with E-state index in [1.165, 1.54) is 0 Å². The summed E-state index contributed by atoms with van der Waals surface area (Å²) in [6.07, 6.45) is 5.19. The highest BCUT2D eigenvalue weighted by Crippen LogP contribution is 2.26. The number of ether oxygens (including phenoxy) is 1. The van der Waals surface area contributed by atoms with E-state index < -0.39 is 0 Å². The van der Waals surface area contributed by atoms with Gasteiger partial charge in [0.25, 0.3) is 0 Å². The van der Waals surface area contributed by atoms with Crippen LogP contribution in [0.5, 0.6) is 5.75 Å². The molecule has 164 valence electrons. The number of aromatic nitrogens is 2. The maximum absolute atomic E-state index is 12.1. The van der Waals surface area contributed by atoms with E-state index in [4.69, 9.17) is 9.15 Å². The Morgan fingerprint density at radius 2 is 1.88 bits per heavy atom. The van der Waals surface area contributed by atoms with Gasteiger partial charge in [-0.2, -0.15) is 0 Å². The van der Waals surface area contributed by atoms with Crippen LogP contribution in [0.25, 0.3) is 11.5 Å². The number of ketones is 1.